The van der Waals surface area contributed by atoms with Gasteiger partial charge in [-0.2, -0.15) is 10.2 Å². The Morgan fingerprint density at radius 2 is 2.09 bits per heavy atom. The Morgan fingerprint density at radius 1 is 1.35 bits per heavy atom. The van der Waals surface area contributed by atoms with Crippen LogP contribution in [0.2, 0.25) is 0 Å². The van der Waals surface area contributed by atoms with E-state index in [2.05, 4.69) is 15.6 Å². The summed E-state index contributed by atoms with van der Waals surface area (Å²) in [6.07, 6.45) is 3.43. The van der Waals surface area contributed by atoms with Gasteiger partial charge in [-0.05, 0) is 12.0 Å². The Kier molecular flexibility index (Phi) is 8.50. The Bertz CT molecular complexity index is 545. The van der Waals surface area contributed by atoms with Gasteiger partial charge in [-0.25, -0.2) is 0 Å². The molecule has 1 amide bonds. The van der Waals surface area contributed by atoms with Crippen LogP contribution in [-0.4, -0.2) is 42.9 Å². The quantitative estimate of drug-likeness (QED) is 0.226. The number of likely N-dealkylation sites (N-methyl/N-ethyl adjacent to an activating group) is 1. The lowest BCUT2D eigenvalue weighted by molar-refractivity contribution is -0.149. The number of benzene rings is 1. The van der Waals surface area contributed by atoms with Gasteiger partial charge in [-0.3, -0.25) is 15.0 Å². The highest BCUT2D eigenvalue weighted by Crippen LogP contribution is 2.01. The summed E-state index contributed by atoms with van der Waals surface area (Å²) in [6, 6.07) is 9.36. The lowest BCUT2D eigenvalue weighted by Crippen LogP contribution is -2.32. The minimum atomic E-state index is -0.445. The van der Waals surface area contributed by atoms with Gasteiger partial charge in [0.05, 0.1) is 0 Å². The van der Waals surface area contributed by atoms with Crippen LogP contribution >= 0.6 is 0 Å². The average Bonchev–Trinajstić information content (AvgIpc) is 2.56. The molecule has 1 aromatic carbocycles. The summed E-state index contributed by atoms with van der Waals surface area (Å²) in [5.41, 5.74) is 3.36. The summed E-state index contributed by atoms with van der Waals surface area (Å²) in [5.74, 6) is 4.26. The lowest BCUT2D eigenvalue weighted by atomic mass is 10.2. The molecule has 0 aliphatic heterocycles. The van der Waals surface area contributed by atoms with Crippen molar-refractivity contribution in [3.63, 3.8) is 0 Å². The summed E-state index contributed by atoms with van der Waals surface area (Å²) in [7, 11) is 1.56. The molecule has 0 saturated carbocycles. The number of hydrogen-bond acceptors (Lipinski definition) is 6. The number of nitrogens with two attached hydrogens (primary N) is 1. The standard InChI is InChI=1S/C15H21N5O3/c1-20(14(21)8-5-9-18-19-12-17-16)10-15(22)23-11-13-6-3-2-4-7-13/h2-4,6-7,9,12H,5,8,10-11,16H2,1H3,(H,17,19). The SMILES string of the molecule is CN(CC(=O)OCc1ccccc1)C(=O)CCC=NNC=NN. The van der Waals surface area contributed by atoms with Crippen molar-refractivity contribution in [3.8, 4) is 0 Å². The number of nitrogens with zero attached hydrogens (tertiary/aromatic N) is 3. The maximum Gasteiger partial charge on any atom is 0.325 e. The third kappa shape index (κ3) is 8.20. The maximum absolute atomic E-state index is 11.8. The zero-order chi connectivity index (χ0) is 16.9. The topological polar surface area (TPSA) is 109 Å². The van der Waals surface area contributed by atoms with Crippen LogP contribution < -0.4 is 11.3 Å². The fourth-order valence-electron chi connectivity index (χ4n) is 1.63. The molecule has 8 nitrogen and oxygen atoms in total. The van der Waals surface area contributed by atoms with E-state index in [-0.39, 0.29) is 25.5 Å². The molecular weight excluding hydrogens is 298 g/mol. The Balaban J connectivity index is 2.23. The second-order valence-electron chi connectivity index (χ2n) is 4.65. The van der Waals surface area contributed by atoms with Crippen LogP contribution in [0.3, 0.4) is 0 Å². The zero-order valence-electron chi connectivity index (χ0n) is 13.0. The first kappa shape index (κ1) is 18.1. The summed E-state index contributed by atoms with van der Waals surface area (Å²) < 4.78 is 5.12. The predicted octanol–water partition coefficient (Wildman–Crippen LogP) is 0.446. The van der Waals surface area contributed by atoms with E-state index in [1.54, 1.807) is 7.05 Å². The fraction of sp³-hybridized carbons (Fsp3) is 0.333. The van der Waals surface area contributed by atoms with Crippen molar-refractivity contribution >= 4 is 24.4 Å². The first-order chi connectivity index (χ1) is 11.1. The summed E-state index contributed by atoms with van der Waals surface area (Å²) in [4.78, 5) is 24.9. The van der Waals surface area contributed by atoms with Crippen LogP contribution in [0, 0.1) is 0 Å². The molecule has 23 heavy (non-hydrogen) atoms. The van der Waals surface area contributed by atoms with E-state index in [0.29, 0.717) is 6.42 Å². The van der Waals surface area contributed by atoms with Gasteiger partial charge in [-0.1, -0.05) is 30.3 Å². The molecule has 0 bridgehead atoms. The normalized spacial score (nSPS) is 10.8. The van der Waals surface area contributed by atoms with Crippen LogP contribution in [0.25, 0.3) is 0 Å². The number of nitrogens with one attached hydrogen (secondary N) is 1. The van der Waals surface area contributed by atoms with E-state index in [0.717, 1.165) is 5.56 Å². The Labute approximate surface area is 135 Å². The van der Waals surface area contributed by atoms with Gasteiger partial charge in [0.25, 0.3) is 0 Å². The molecule has 0 fully saturated rings. The monoisotopic (exact) mass is 319 g/mol. The zero-order valence-corrected chi connectivity index (χ0v) is 13.0. The highest BCUT2D eigenvalue weighted by atomic mass is 16.5. The molecule has 1 rings (SSSR count). The molecule has 0 radical (unpaired) electrons. The third-order valence-corrected chi connectivity index (χ3v) is 2.82. The molecule has 1 aromatic rings. The number of rotatable bonds is 9. The van der Waals surface area contributed by atoms with E-state index >= 15 is 0 Å². The molecule has 0 unspecified atom stereocenters. The third-order valence-electron chi connectivity index (χ3n) is 2.82. The molecule has 0 aliphatic carbocycles. The summed E-state index contributed by atoms with van der Waals surface area (Å²) in [6.45, 7) is 0.115. The number of amides is 1. The van der Waals surface area contributed by atoms with Crippen LogP contribution in [0.4, 0.5) is 0 Å². The van der Waals surface area contributed by atoms with E-state index in [9.17, 15) is 9.59 Å². The van der Waals surface area contributed by atoms with Crippen molar-refractivity contribution in [1.29, 1.82) is 0 Å². The highest BCUT2D eigenvalue weighted by Gasteiger charge is 2.13. The first-order valence-corrected chi connectivity index (χ1v) is 7.05. The number of carbonyl (C=O) groups excluding carboxylic acids is 2. The molecule has 8 heteroatoms. The van der Waals surface area contributed by atoms with Crippen LogP contribution in [0.1, 0.15) is 18.4 Å². The number of hydrogen-bond donors (Lipinski definition) is 2. The minimum Gasteiger partial charge on any atom is -0.459 e. The highest BCUT2D eigenvalue weighted by molar-refractivity contribution is 5.83. The van der Waals surface area contributed by atoms with Crippen molar-refractivity contribution in [2.75, 3.05) is 13.6 Å². The molecule has 0 spiro atoms. The van der Waals surface area contributed by atoms with Crippen molar-refractivity contribution < 1.29 is 14.3 Å². The molecule has 0 atom stereocenters. The van der Waals surface area contributed by atoms with Crippen molar-refractivity contribution in [2.24, 2.45) is 16.0 Å². The van der Waals surface area contributed by atoms with Crippen LogP contribution in [0.5, 0.6) is 0 Å². The van der Waals surface area contributed by atoms with E-state index in [1.807, 2.05) is 30.3 Å². The van der Waals surface area contributed by atoms with Gasteiger partial charge in [0.2, 0.25) is 5.91 Å². The molecule has 0 heterocycles. The molecule has 0 aliphatic rings. The van der Waals surface area contributed by atoms with Crippen LogP contribution in [-0.2, 0) is 20.9 Å². The fourth-order valence-corrected chi connectivity index (χ4v) is 1.63. The van der Waals surface area contributed by atoms with Gasteiger partial charge < -0.3 is 15.5 Å². The number of hydrazone groups is 2. The largest absolute Gasteiger partial charge is 0.459 e. The lowest BCUT2D eigenvalue weighted by Gasteiger charge is -2.15. The van der Waals surface area contributed by atoms with Crippen molar-refractivity contribution in [1.82, 2.24) is 10.3 Å². The maximum atomic E-state index is 11.8. The van der Waals surface area contributed by atoms with Crippen molar-refractivity contribution in [3.05, 3.63) is 35.9 Å². The second-order valence-corrected chi connectivity index (χ2v) is 4.65. The smallest absolute Gasteiger partial charge is 0.325 e. The van der Waals surface area contributed by atoms with Gasteiger partial charge >= 0.3 is 5.97 Å². The van der Waals surface area contributed by atoms with Gasteiger partial charge in [0.1, 0.15) is 19.5 Å². The van der Waals surface area contributed by atoms with Crippen LogP contribution in [0.15, 0.2) is 40.5 Å². The predicted molar refractivity (Wildman–Crippen MR) is 87.4 cm³/mol. The summed E-state index contributed by atoms with van der Waals surface area (Å²) in [5, 5.41) is 6.94. The number of carbonyl (C=O) groups is 2. The molecule has 0 aromatic heterocycles. The molecule has 124 valence electrons. The van der Waals surface area contributed by atoms with Gasteiger partial charge in [0.15, 0.2) is 0 Å². The van der Waals surface area contributed by atoms with E-state index < -0.39 is 5.97 Å². The Hall–Kier alpha value is -2.90. The Morgan fingerprint density at radius 3 is 2.78 bits per heavy atom. The molecule has 3 N–H and O–H groups in total. The summed E-state index contributed by atoms with van der Waals surface area (Å²) >= 11 is 0. The molecule has 0 saturated heterocycles. The number of ether oxygens (including phenoxy) is 1. The van der Waals surface area contributed by atoms with E-state index in [1.165, 1.54) is 17.5 Å². The average molecular weight is 319 g/mol. The van der Waals surface area contributed by atoms with Gasteiger partial charge in [-0.15, -0.1) is 0 Å². The second kappa shape index (κ2) is 10.8. The minimum absolute atomic E-state index is 0.0824. The first-order valence-electron chi connectivity index (χ1n) is 7.05. The van der Waals surface area contributed by atoms with E-state index in [4.69, 9.17) is 10.6 Å². The molecular formula is C15H21N5O3. The van der Waals surface area contributed by atoms with Gasteiger partial charge in [0, 0.05) is 19.7 Å². The van der Waals surface area contributed by atoms with Crippen molar-refractivity contribution in [2.45, 2.75) is 19.4 Å². The number of esters is 1.